The lowest BCUT2D eigenvalue weighted by molar-refractivity contribution is -0.128. The minimum atomic E-state index is -0.936. The summed E-state index contributed by atoms with van der Waals surface area (Å²) in [4.78, 5) is 42.1. The van der Waals surface area contributed by atoms with Gasteiger partial charge in [-0.1, -0.05) is 43.7 Å². The monoisotopic (exact) mass is 438 g/mol. The van der Waals surface area contributed by atoms with Gasteiger partial charge in [0.15, 0.2) is 6.29 Å². The van der Waals surface area contributed by atoms with E-state index in [-0.39, 0.29) is 24.8 Å². The van der Waals surface area contributed by atoms with Crippen LogP contribution in [0.15, 0.2) is 48.5 Å². The van der Waals surface area contributed by atoms with E-state index in [0.29, 0.717) is 17.2 Å². The third-order valence-electron chi connectivity index (χ3n) is 5.75. The Morgan fingerprint density at radius 3 is 2.16 bits per heavy atom. The van der Waals surface area contributed by atoms with Crippen molar-refractivity contribution in [1.29, 1.82) is 0 Å². The molecule has 1 aliphatic rings. The predicted molar refractivity (Wildman–Crippen MR) is 121 cm³/mol. The number of benzene rings is 2. The number of carbonyl (C=O) groups is 3. The molecule has 0 aliphatic carbocycles. The van der Waals surface area contributed by atoms with Crippen LogP contribution in [0.25, 0.3) is 0 Å². The number of nitrogens with zero attached hydrogens (tertiary/aromatic N) is 2. The van der Waals surface area contributed by atoms with Crippen molar-refractivity contribution in [2.24, 2.45) is 0 Å². The van der Waals surface area contributed by atoms with Gasteiger partial charge in [0.05, 0.1) is 18.7 Å². The highest BCUT2D eigenvalue weighted by Gasteiger charge is 2.45. The van der Waals surface area contributed by atoms with E-state index < -0.39 is 18.2 Å². The summed E-state index contributed by atoms with van der Waals surface area (Å²) in [5.41, 5.74) is 3.07. The summed E-state index contributed by atoms with van der Waals surface area (Å²) in [6.07, 6.45) is -0.825. The fourth-order valence-electron chi connectivity index (χ4n) is 3.76. The molecule has 7 heteroatoms. The summed E-state index contributed by atoms with van der Waals surface area (Å²) in [7, 11) is 2.93. The van der Waals surface area contributed by atoms with E-state index in [2.05, 4.69) is 13.8 Å². The summed E-state index contributed by atoms with van der Waals surface area (Å²) in [5.74, 6) is -0.791. The molecule has 0 N–H and O–H groups in total. The van der Waals surface area contributed by atoms with Gasteiger partial charge < -0.3 is 14.4 Å². The molecule has 1 fully saturated rings. The third kappa shape index (κ3) is 4.89. The molecule has 1 unspecified atom stereocenters. The van der Waals surface area contributed by atoms with Gasteiger partial charge in [-0.2, -0.15) is 0 Å². The Morgan fingerprint density at radius 2 is 1.62 bits per heavy atom. The van der Waals surface area contributed by atoms with Gasteiger partial charge in [0.25, 0.3) is 11.8 Å². The van der Waals surface area contributed by atoms with Crippen LogP contribution < -0.4 is 4.90 Å². The summed E-state index contributed by atoms with van der Waals surface area (Å²) in [5, 5.41) is 0. The topological polar surface area (TPSA) is 76.2 Å². The van der Waals surface area contributed by atoms with E-state index in [1.807, 2.05) is 31.2 Å². The van der Waals surface area contributed by atoms with Crippen molar-refractivity contribution in [3.8, 4) is 0 Å². The Labute approximate surface area is 188 Å². The van der Waals surface area contributed by atoms with Gasteiger partial charge in [0.1, 0.15) is 6.04 Å². The van der Waals surface area contributed by atoms with Gasteiger partial charge in [-0.25, -0.2) is 4.90 Å². The molecule has 0 radical (unpaired) electrons. The van der Waals surface area contributed by atoms with E-state index in [1.54, 1.807) is 24.3 Å². The normalized spacial score (nSPS) is 16.3. The molecule has 3 rings (SSSR count). The lowest BCUT2D eigenvalue weighted by Gasteiger charge is -2.30. The van der Waals surface area contributed by atoms with Gasteiger partial charge in [0.2, 0.25) is 5.91 Å². The van der Waals surface area contributed by atoms with E-state index in [0.717, 1.165) is 11.1 Å². The van der Waals surface area contributed by atoms with Crippen molar-refractivity contribution in [1.82, 2.24) is 4.90 Å². The van der Waals surface area contributed by atoms with Crippen molar-refractivity contribution < 1.29 is 23.9 Å². The van der Waals surface area contributed by atoms with E-state index >= 15 is 0 Å². The number of rotatable bonds is 8. The molecule has 2 aromatic carbocycles. The average Bonchev–Trinajstić information content (AvgIpc) is 3.08. The zero-order chi connectivity index (χ0) is 23.4. The van der Waals surface area contributed by atoms with Crippen molar-refractivity contribution in [2.45, 2.75) is 45.4 Å². The second kappa shape index (κ2) is 10.1. The van der Waals surface area contributed by atoms with Gasteiger partial charge >= 0.3 is 0 Å². The average molecular weight is 439 g/mol. The van der Waals surface area contributed by atoms with Crippen LogP contribution in [-0.4, -0.2) is 55.7 Å². The van der Waals surface area contributed by atoms with Crippen LogP contribution in [0, 0.1) is 6.92 Å². The molecule has 170 valence electrons. The summed E-state index contributed by atoms with van der Waals surface area (Å²) < 4.78 is 10.6. The summed E-state index contributed by atoms with van der Waals surface area (Å²) >= 11 is 0. The molecule has 0 bridgehead atoms. The smallest absolute Gasteiger partial charge is 0.257 e. The standard InChI is InChI=1S/C25H30N2O5/c1-16(2)18-10-12-20(13-11-18)27-22(28)14-21(25(27)30)26(15-23(31-4)32-5)24(29)19-8-6-17(3)7-9-19/h6-13,16,21,23H,14-15H2,1-5H3. The molecule has 0 spiro atoms. The Morgan fingerprint density at radius 1 is 1.03 bits per heavy atom. The maximum atomic E-state index is 13.4. The maximum Gasteiger partial charge on any atom is 0.257 e. The Hall–Kier alpha value is -3.03. The van der Waals surface area contributed by atoms with Crippen LogP contribution >= 0.6 is 0 Å². The van der Waals surface area contributed by atoms with Crippen LogP contribution in [0.3, 0.4) is 0 Å². The number of aryl methyl sites for hydroxylation is 1. The number of hydrogen-bond acceptors (Lipinski definition) is 5. The van der Waals surface area contributed by atoms with Crippen LogP contribution in [-0.2, 0) is 19.1 Å². The largest absolute Gasteiger partial charge is 0.354 e. The first-order chi connectivity index (χ1) is 15.3. The number of anilines is 1. The van der Waals surface area contributed by atoms with Gasteiger partial charge in [-0.15, -0.1) is 0 Å². The van der Waals surface area contributed by atoms with Crippen molar-refractivity contribution in [3.63, 3.8) is 0 Å². The molecule has 0 saturated carbocycles. The quantitative estimate of drug-likeness (QED) is 0.466. The zero-order valence-electron chi connectivity index (χ0n) is 19.2. The highest BCUT2D eigenvalue weighted by atomic mass is 16.7. The highest BCUT2D eigenvalue weighted by molar-refractivity contribution is 6.23. The van der Waals surface area contributed by atoms with E-state index in [1.165, 1.54) is 24.0 Å². The van der Waals surface area contributed by atoms with Gasteiger partial charge in [0, 0.05) is 19.8 Å². The van der Waals surface area contributed by atoms with E-state index in [4.69, 9.17) is 9.47 Å². The van der Waals surface area contributed by atoms with Crippen LogP contribution in [0.1, 0.15) is 47.7 Å². The molecular formula is C25H30N2O5. The SMILES string of the molecule is COC(CN(C(=O)c1ccc(C)cc1)C1CC(=O)N(c2ccc(C(C)C)cc2)C1=O)OC. The molecule has 7 nitrogen and oxygen atoms in total. The van der Waals surface area contributed by atoms with Gasteiger partial charge in [-0.3, -0.25) is 14.4 Å². The number of amides is 3. The molecule has 1 aliphatic heterocycles. The first-order valence-corrected chi connectivity index (χ1v) is 10.7. The fraction of sp³-hybridized carbons (Fsp3) is 0.400. The minimum Gasteiger partial charge on any atom is -0.354 e. The summed E-state index contributed by atoms with van der Waals surface area (Å²) in [6.45, 7) is 6.10. The first-order valence-electron chi connectivity index (χ1n) is 10.7. The Balaban J connectivity index is 1.91. The van der Waals surface area contributed by atoms with Crippen LogP contribution in [0.2, 0.25) is 0 Å². The van der Waals surface area contributed by atoms with E-state index in [9.17, 15) is 14.4 Å². The van der Waals surface area contributed by atoms with Crippen LogP contribution in [0.4, 0.5) is 5.69 Å². The molecule has 1 atom stereocenters. The number of hydrogen-bond donors (Lipinski definition) is 0. The second-order valence-corrected chi connectivity index (χ2v) is 8.26. The number of imide groups is 1. The fourth-order valence-corrected chi connectivity index (χ4v) is 3.76. The molecule has 3 amide bonds. The number of ether oxygens (including phenoxy) is 2. The molecule has 32 heavy (non-hydrogen) atoms. The van der Waals surface area contributed by atoms with Crippen molar-refractivity contribution in [2.75, 3.05) is 25.7 Å². The highest BCUT2D eigenvalue weighted by Crippen LogP contribution is 2.28. The zero-order valence-corrected chi connectivity index (χ0v) is 19.2. The molecule has 1 heterocycles. The Kier molecular flexibility index (Phi) is 7.43. The third-order valence-corrected chi connectivity index (χ3v) is 5.75. The number of carbonyl (C=O) groups excluding carboxylic acids is 3. The predicted octanol–water partition coefficient (Wildman–Crippen LogP) is 3.51. The number of methoxy groups -OCH3 is 2. The Bertz CT molecular complexity index is 965. The molecular weight excluding hydrogens is 408 g/mol. The van der Waals surface area contributed by atoms with Crippen molar-refractivity contribution in [3.05, 3.63) is 65.2 Å². The lowest BCUT2D eigenvalue weighted by atomic mass is 10.0. The molecule has 1 saturated heterocycles. The summed E-state index contributed by atoms with van der Waals surface area (Å²) in [6, 6.07) is 13.5. The maximum absolute atomic E-state index is 13.4. The molecule has 2 aromatic rings. The van der Waals surface area contributed by atoms with Gasteiger partial charge in [-0.05, 0) is 42.7 Å². The first kappa shape index (κ1) is 23.6. The minimum absolute atomic E-state index is 0.0174. The van der Waals surface area contributed by atoms with Crippen LogP contribution in [0.5, 0.6) is 0 Å². The lowest BCUT2D eigenvalue weighted by Crippen LogP contribution is -2.49. The van der Waals surface area contributed by atoms with Crippen molar-refractivity contribution >= 4 is 23.4 Å². The molecule has 0 aromatic heterocycles. The second-order valence-electron chi connectivity index (χ2n) is 8.26.